The molecule has 0 spiro atoms. The second-order valence-corrected chi connectivity index (χ2v) is 3.12. The molecular weight excluding hydrogens is 172 g/mol. The molecule has 0 aromatic heterocycles. The Hall–Kier alpha value is -0.740. The van der Waals surface area contributed by atoms with Crippen molar-refractivity contribution in [2.75, 3.05) is 20.3 Å². The Morgan fingerprint density at radius 2 is 2.38 bits per heavy atom. The minimum atomic E-state index is -0.608. The Labute approximate surface area is 77.2 Å². The van der Waals surface area contributed by atoms with Crippen molar-refractivity contribution in [2.45, 2.75) is 19.4 Å². The Morgan fingerprint density at radius 1 is 1.69 bits per heavy atom. The molecule has 2 unspecified atom stereocenters. The summed E-state index contributed by atoms with van der Waals surface area (Å²) in [5, 5.41) is 0. The highest BCUT2D eigenvalue weighted by Gasteiger charge is 2.32. The Balaban J connectivity index is 2.58. The maximum Gasteiger partial charge on any atom is 0.173 e. The highest BCUT2D eigenvalue weighted by atomic mass is 16.5. The van der Waals surface area contributed by atoms with Crippen molar-refractivity contribution in [3.05, 3.63) is 0 Å². The number of carbonyl (C=O) groups is 2. The van der Waals surface area contributed by atoms with Crippen LogP contribution in [0.15, 0.2) is 0 Å². The predicted octanol–water partition coefficient (Wildman–Crippen LogP) is 0.196. The maximum absolute atomic E-state index is 11.5. The lowest BCUT2D eigenvalue weighted by Gasteiger charge is -2.21. The van der Waals surface area contributed by atoms with Crippen LogP contribution in [0.3, 0.4) is 0 Å². The second kappa shape index (κ2) is 4.48. The topological polar surface area (TPSA) is 52.6 Å². The lowest BCUT2D eigenvalue weighted by molar-refractivity contribution is -0.145. The van der Waals surface area contributed by atoms with Gasteiger partial charge < -0.3 is 9.47 Å². The molecule has 1 fully saturated rings. The molecule has 74 valence electrons. The number of ketones is 2. The van der Waals surface area contributed by atoms with Gasteiger partial charge in [0.25, 0.3) is 0 Å². The van der Waals surface area contributed by atoms with Crippen molar-refractivity contribution < 1.29 is 19.1 Å². The molecule has 0 amide bonds. The summed E-state index contributed by atoms with van der Waals surface area (Å²) in [6.45, 7) is 2.29. The summed E-state index contributed by atoms with van der Waals surface area (Å²) in [6, 6.07) is 0. The summed E-state index contributed by atoms with van der Waals surface area (Å²) in [7, 11) is 1.46. The van der Waals surface area contributed by atoms with E-state index in [0.29, 0.717) is 13.0 Å². The third kappa shape index (κ3) is 2.35. The van der Waals surface area contributed by atoms with E-state index in [9.17, 15) is 9.59 Å². The van der Waals surface area contributed by atoms with Gasteiger partial charge in [-0.2, -0.15) is 0 Å². The van der Waals surface area contributed by atoms with E-state index in [1.807, 2.05) is 0 Å². The van der Waals surface area contributed by atoms with Gasteiger partial charge in [-0.15, -0.1) is 0 Å². The number of methoxy groups -OCH3 is 1. The van der Waals surface area contributed by atoms with Crippen LogP contribution in [-0.4, -0.2) is 38.0 Å². The first-order chi connectivity index (χ1) is 6.16. The molecule has 1 heterocycles. The Kier molecular flexibility index (Phi) is 3.57. The van der Waals surface area contributed by atoms with Crippen LogP contribution < -0.4 is 0 Å². The van der Waals surface area contributed by atoms with Gasteiger partial charge in [0, 0.05) is 13.5 Å². The van der Waals surface area contributed by atoms with Crippen LogP contribution in [0.25, 0.3) is 0 Å². The fraction of sp³-hybridized carbons (Fsp3) is 0.778. The standard InChI is InChI=1S/C9H14O4/c1-6(12-2)9(11)7-5-13-4-3-8(7)10/h6-7H,3-5H2,1-2H3. The molecule has 0 aromatic carbocycles. The Bertz CT molecular complexity index is 212. The van der Waals surface area contributed by atoms with Gasteiger partial charge in [-0.3, -0.25) is 9.59 Å². The van der Waals surface area contributed by atoms with E-state index in [0.717, 1.165) is 0 Å². The summed E-state index contributed by atoms with van der Waals surface area (Å²) < 4.78 is 9.93. The Morgan fingerprint density at radius 3 is 2.92 bits per heavy atom. The van der Waals surface area contributed by atoms with E-state index in [1.54, 1.807) is 6.92 Å². The van der Waals surface area contributed by atoms with Crippen molar-refractivity contribution in [2.24, 2.45) is 5.92 Å². The van der Waals surface area contributed by atoms with Gasteiger partial charge in [-0.25, -0.2) is 0 Å². The molecule has 0 bridgehead atoms. The highest BCUT2D eigenvalue weighted by Crippen LogP contribution is 2.13. The van der Waals surface area contributed by atoms with Crippen molar-refractivity contribution in [3.63, 3.8) is 0 Å². The van der Waals surface area contributed by atoms with Crippen LogP contribution >= 0.6 is 0 Å². The van der Waals surface area contributed by atoms with Gasteiger partial charge in [0.2, 0.25) is 0 Å². The first-order valence-corrected chi connectivity index (χ1v) is 4.33. The van der Waals surface area contributed by atoms with Crippen LogP contribution in [0, 0.1) is 5.92 Å². The quantitative estimate of drug-likeness (QED) is 0.591. The molecule has 0 aliphatic carbocycles. The number of Topliss-reactive ketones (excluding diaryl/α,β-unsaturated/α-hetero) is 2. The van der Waals surface area contributed by atoms with Gasteiger partial charge >= 0.3 is 0 Å². The van der Waals surface area contributed by atoms with Crippen molar-refractivity contribution in [3.8, 4) is 0 Å². The van der Waals surface area contributed by atoms with E-state index < -0.39 is 12.0 Å². The van der Waals surface area contributed by atoms with Gasteiger partial charge in [0.05, 0.1) is 13.2 Å². The average Bonchev–Trinajstić information content (AvgIpc) is 2.16. The van der Waals surface area contributed by atoms with E-state index >= 15 is 0 Å². The van der Waals surface area contributed by atoms with Gasteiger partial charge in [-0.05, 0) is 6.92 Å². The third-order valence-corrected chi connectivity index (χ3v) is 2.26. The predicted molar refractivity (Wildman–Crippen MR) is 45.4 cm³/mol. The van der Waals surface area contributed by atoms with Crippen LogP contribution in [-0.2, 0) is 19.1 Å². The number of hydrogen-bond acceptors (Lipinski definition) is 4. The normalized spacial score (nSPS) is 25.7. The van der Waals surface area contributed by atoms with E-state index in [1.165, 1.54) is 7.11 Å². The van der Waals surface area contributed by atoms with Crippen molar-refractivity contribution in [1.82, 2.24) is 0 Å². The molecule has 0 saturated carbocycles. The number of rotatable bonds is 3. The molecule has 2 atom stereocenters. The largest absolute Gasteiger partial charge is 0.380 e. The van der Waals surface area contributed by atoms with Gasteiger partial charge in [0.15, 0.2) is 5.78 Å². The summed E-state index contributed by atoms with van der Waals surface area (Å²) in [4.78, 5) is 22.8. The van der Waals surface area contributed by atoms with Crippen LogP contribution in [0.5, 0.6) is 0 Å². The summed E-state index contributed by atoms with van der Waals surface area (Å²) in [6.07, 6.45) is -0.178. The second-order valence-electron chi connectivity index (χ2n) is 3.12. The maximum atomic E-state index is 11.5. The van der Waals surface area contributed by atoms with Crippen LogP contribution in [0.2, 0.25) is 0 Å². The zero-order valence-electron chi connectivity index (χ0n) is 7.91. The average molecular weight is 186 g/mol. The molecule has 13 heavy (non-hydrogen) atoms. The highest BCUT2D eigenvalue weighted by molar-refractivity contribution is 6.04. The van der Waals surface area contributed by atoms with Crippen LogP contribution in [0.1, 0.15) is 13.3 Å². The van der Waals surface area contributed by atoms with E-state index in [4.69, 9.17) is 9.47 Å². The van der Waals surface area contributed by atoms with E-state index in [-0.39, 0.29) is 18.2 Å². The number of hydrogen-bond donors (Lipinski definition) is 0. The fourth-order valence-electron chi connectivity index (χ4n) is 1.28. The van der Waals surface area contributed by atoms with Crippen molar-refractivity contribution >= 4 is 11.6 Å². The van der Waals surface area contributed by atoms with Crippen molar-refractivity contribution in [1.29, 1.82) is 0 Å². The molecule has 4 heteroatoms. The van der Waals surface area contributed by atoms with Crippen LogP contribution in [0.4, 0.5) is 0 Å². The smallest absolute Gasteiger partial charge is 0.173 e. The molecule has 0 aromatic rings. The molecule has 1 aliphatic heterocycles. The van der Waals surface area contributed by atoms with E-state index in [2.05, 4.69) is 0 Å². The summed E-state index contributed by atoms with van der Waals surface area (Å²) in [5.74, 6) is -0.809. The molecule has 0 radical (unpaired) electrons. The SMILES string of the molecule is COC(C)C(=O)C1COCCC1=O. The minimum Gasteiger partial charge on any atom is -0.380 e. The third-order valence-electron chi connectivity index (χ3n) is 2.26. The first kappa shape index (κ1) is 10.3. The summed E-state index contributed by atoms with van der Waals surface area (Å²) >= 11 is 0. The molecular formula is C9H14O4. The zero-order chi connectivity index (χ0) is 9.84. The molecule has 0 N–H and O–H groups in total. The molecule has 1 aliphatic rings. The fourth-order valence-corrected chi connectivity index (χ4v) is 1.28. The molecule has 4 nitrogen and oxygen atoms in total. The number of carbonyl (C=O) groups excluding carboxylic acids is 2. The lowest BCUT2D eigenvalue weighted by Crippen LogP contribution is -2.39. The lowest BCUT2D eigenvalue weighted by atomic mass is 9.93. The van der Waals surface area contributed by atoms with Gasteiger partial charge in [0.1, 0.15) is 17.8 Å². The first-order valence-electron chi connectivity index (χ1n) is 4.33. The molecule has 1 rings (SSSR count). The monoisotopic (exact) mass is 186 g/mol. The van der Waals surface area contributed by atoms with Gasteiger partial charge in [-0.1, -0.05) is 0 Å². The zero-order valence-corrected chi connectivity index (χ0v) is 7.91. The minimum absolute atomic E-state index is 0.0276. The summed E-state index contributed by atoms with van der Waals surface area (Å²) in [5.41, 5.74) is 0. The number of ether oxygens (including phenoxy) is 2. The molecule has 1 saturated heterocycles.